The second-order valence-electron chi connectivity index (χ2n) is 14.5. The number of aromatic nitrogens is 3. The van der Waals surface area contributed by atoms with Crippen molar-refractivity contribution in [3.63, 3.8) is 0 Å². The molecule has 5 aromatic rings. The molecule has 0 bridgehead atoms. The topological polar surface area (TPSA) is 80.5 Å². The van der Waals surface area contributed by atoms with Crippen LogP contribution < -0.4 is 4.74 Å². The number of hydrogen-bond acceptors (Lipinski definition) is 5. The van der Waals surface area contributed by atoms with Gasteiger partial charge in [0.05, 0.1) is 24.0 Å². The van der Waals surface area contributed by atoms with Crippen LogP contribution in [0, 0.1) is 12.8 Å². The molecule has 4 heterocycles. The van der Waals surface area contributed by atoms with E-state index in [-0.39, 0.29) is 5.69 Å². The van der Waals surface area contributed by atoms with E-state index in [1.165, 1.54) is 87.0 Å². The van der Waals surface area contributed by atoms with Gasteiger partial charge in [-0.3, -0.25) is 0 Å². The van der Waals surface area contributed by atoms with Gasteiger partial charge in [-0.25, -0.2) is 14.8 Å². The Hall–Kier alpha value is -4.23. The molecule has 1 N–H and O–H groups in total. The van der Waals surface area contributed by atoms with Crippen molar-refractivity contribution < 1.29 is 14.6 Å². The largest absolute Gasteiger partial charge is 0.497 e. The number of aromatic carboxylic acids is 1. The summed E-state index contributed by atoms with van der Waals surface area (Å²) in [6, 6.07) is 20.2. The molecule has 51 heavy (non-hydrogen) atoms. The van der Waals surface area contributed by atoms with Gasteiger partial charge < -0.3 is 19.3 Å². The quantitative estimate of drug-likeness (QED) is 0.157. The van der Waals surface area contributed by atoms with Crippen LogP contribution in [0.5, 0.6) is 5.75 Å². The van der Waals surface area contributed by atoms with Crippen LogP contribution in [0.1, 0.15) is 113 Å². The molecule has 0 amide bonds. The Morgan fingerprint density at radius 3 is 2.31 bits per heavy atom. The standard InChI is InChI=1S/C34H35N3O3.C10H21N/c1-4-20-37-32(31(23-8-6-5-7-9-23)27-16-19-30(34(38)39)36-33(27)37)26-15-18-29-25(21(26)2)14-17-28(35-29)22-10-12-24(40-3)13-11-22;1-3-6-10-7-5-8-11(4-2)9-10/h10-19,23H,4-9,20H2,1-3H3,(H,38,39);10H,3-9H2,1-2H3. The lowest BCUT2D eigenvalue weighted by molar-refractivity contribution is 0.0691. The summed E-state index contributed by atoms with van der Waals surface area (Å²) in [6.07, 6.45) is 12.7. The smallest absolute Gasteiger partial charge is 0.354 e. The van der Waals surface area contributed by atoms with Gasteiger partial charge in [0.15, 0.2) is 5.69 Å². The molecular weight excluding hydrogens is 633 g/mol. The fourth-order valence-corrected chi connectivity index (χ4v) is 8.51. The second kappa shape index (κ2) is 16.9. The fraction of sp³-hybridized carbons (Fsp3) is 0.477. The molecular formula is C44H56N4O3. The van der Waals surface area contributed by atoms with Crippen molar-refractivity contribution in [2.75, 3.05) is 26.7 Å². The molecule has 2 aromatic carbocycles. The molecule has 3 aromatic heterocycles. The van der Waals surface area contributed by atoms with E-state index in [1.54, 1.807) is 13.2 Å². The predicted molar refractivity (Wildman–Crippen MR) is 210 cm³/mol. The third-order valence-corrected chi connectivity index (χ3v) is 11.2. The number of likely N-dealkylation sites (tertiary alicyclic amines) is 1. The summed E-state index contributed by atoms with van der Waals surface area (Å²) in [5.74, 6) is 1.28. The molecule has 1 aliphatic carbocycles. The number of aryl methyl sites for hydroxylation is 2. The molecule has 270 valence electrons. The molecule has 0 radical (unpaired) electrons. The third-order valence-electron chi connectivity index (χ3n) is 11.2. The SMILES string of the molecule is CCCC1CCCN(CC)C1.CCCn1c(-c2ccc3nc(-c4ccc(OC)cc4)ccc3c2C)c(C2CCCCC2)c2ccc(C(=O)O)nc21. The Morgan fingerprint density at radius 1 is 0.863 bits per heavy atom. The van der Waals surface area contributed by atoms with Gasteiger partial charge in [0.25, 0.3) is 0 Å². The van der Waals surface area contributed by atoms with Gasteiger partial charge >= 0.3 is 5.97 Å². The van der Waals surface area contributed by atoms with Crippen molar-refractivity contribution >= 4 is 27.9 Å². The maximum Gasteiger partial charge on any atom is 0.354 e. The van der Waals surface area contributed by atoms with Crippen molar-refractivity contribution in [1.29, 1.82) is 0 Å². The maximum absolute atomic E-state index is 11.9. The van der Waals surface area contributed by atoms with Crippen LogP contribution >= 0.6 is 0 Å². The van der Waals surface area contributed by atoms with Crippen LogP contribution in [0.4, 0.5) is 0 Å². The highest BCUT2D eigenvalue weighted by atomic mass is 16.5. The predicted octanol–water partition coefficient (Wildman–Crippen LogP) is 10.9. The minimum atomic E-state index is -0.993. The number of pyridine rings is 2. The first-order valence-electron chi connectivity index (χ1n) is 19.4. The van der Waals surface area contributed by atoms with E-state index < -0.39 is 5.97 Å². The molecule has 1 atom stereocenters. The number of carboxylic acid groups (broad SMARTS) is 1. The molecule has 7 rings (SSSR count). The molecule has 2 fully saturated rings. The highest BCUT2D eigenvalue weighted by Crippen LogP contribution is 2.45. The summed E-state index contributed by atoms with van der Waals surface area (Å²) in [4.78, 5) is 24.1. The summed E-state index contributed by atoms with van der Waals surface area (Å²) in [7, 11) is 1.67. The maximum atomic E-state index is 11.9. The second-order valence-corrected chi connectivity index (χ2v) is 14.5. The van der Waals surface area contributed by atoms with Crippen LogP contribution in [-0.4, -0.2) is 57.3 Å². The molecule has 7 nitrogen and oxygen atoms in total. The zero-order valence-electron chi connectivity index (χ0n) is 31.4. The Labute approximate surface area is 304 Å². The number of nitrogens with zero attached hydrogens (tertiary/aromatic N) is 4. The van der Waals surface area contributed by atoms with E-state index in [1.807, 2.05) is 30.3 Å². The lowest BCUT2D eigenvalue weighted by Crippen LogP contribution is -2.34. The van der Waals surface area contributed by atoms with Gasteiger partial charge in [-0.15, -0.1) is 0 Å². The lowest BCUT2D eigenvalue weighted by Gasteiger charge is -2.31. The van der Waals surface area contributed by atoms with Crippen molar-refractivity contribution in [1.82, 2.24) is 19.4 Å². The minimum absolute atomic E-state index is 0.0922. The molecule has 7 heteroatoms. The molecule has 0 spiro atoms. The first-order valence-corrected chi connectivity index (χ1v) is 19.4. The molecule has 1 unspecified atom stereocenters. The molecule has 1 saturated heterocycles. The van der Waals surface area contributed by atoms with E-state index in [2.05, 4.69) is 66.4 Å². The Morgan fingerprint density at radius 2 is 1.63 bits per heavy atom. The van der Waals surface area contributed by atoms with Gasteiger partial charge in [0.2, 0.25) is 0 Å². The first kappa shape index (κ1) is 36.6. The lowest BCUT2D eigenvalue weighted by atomic mass is 9.81. The van der Waals surface area contributed by atoms with E-state index >= 15 is 0 Å². The van der Waals surface area contributed by atoms with E-state index in [0.717, 1.165) is 70.7 Å². The van der Waals surface area contributed by atoms with Crippen molar-refractivity contribution in [2.45, 2.75) is 104 Å². The number of piperidine rings is 1. The van der Waals surface area contributed by atoms with Gasteiger partial charge in [-0.2, -0.15) is 0 Å². The number of carbonyl (C=O) groups is 1. The number of carboxylic acids is 1. The van der Waals surface area contributed by atoms with Gasteiger partial charge in [0.1, 0.15) is 11.4 Å². The average molecular weight is 689 g/mol. The van der Waals surface area contributed by atoms with Crippen molar-refractivity contribution in [3.8, 4) is 28.3 Å². The van der Waals surface area contributed by atoms with E-state index in [9.17, 15) is 9.90 Å². The highest BCUT2D eigenvalue weighted by molar-refractivity contribution is 5.97. The Kier molecular flexibility index (Phi) is 12.1. The monoisotopic (exact) mass is 688 g/mol. The fourth-order valence-electron chi connectivity index (χ4n) is 8.51. The van der Waals surface area contributed by atoms with Crippen LogP contribution in [0.3, 0.4) is 0 Å². The minimum Gasteiger partial charge on any atom is -0.497 e. The number of hydrogen-bond donors (Lipinski definition) is 1. The van der Waals surface area contributed by atoms with Gasteiger partial charge in [-0.05, 0) is 130 Å². The van der Waals surface area contributed by atoms with E-state index in [4.69, 9.17) is 9.72 Å². The highest BCUT2D eigenvalue weighted by Gasteiger charge is 2.28. The zero-order valence-corrected chi connectivity index (χ0v) is 31.4. The van der Waals surface area contributed by atoms with E-state index in [0.29, 0.717) is 5.92 Å². The molecule has 2 aliphatic rings. The summed E-state index contributed by atoms with van der Waals surface area (Å²) in [5.41, 5.74) is 8.69. The normalized spacial score (nSPS) is 17.0. The summed E-state index contributed by atoms with van der Waals surface area (Å²) >= 11 is 0. The first-order chi connectivity index (χ1) is 24.9. The summed E-state index contributed by atoms with van der Waals surface area (Å²) in [6.45, 7) is 13.6. The van der Waals surface area contributed by atoms with Crippen LogP contribution in [-0.2, 0) is 6.54 Å². The Balaban J connectivity index is 0.000000349. The van der Waals surface area contributed by atoms with Gasteiger partial charge in [-0.1, -0.05) is 58.6 Å². The molecule has 1 saturated carbocycles. The number of rotatable bonds is 10. The van der Waals surface area contributed by atoms with Crippen molar-refractivity contribution in [3.05, 3.63) is 77.5 Å². The zero-order chi connectivity index (χ0) is 35.9. The Bertz CT molecular complexity index is 1940. The van der Waals surface area contributed by atoms with Gasteiger partial charge in [0, 0.05) is 35.0 Å². The number of fused-ring (bicyclic) bond motifs is 2. The number of methoxy groups -OCH3 is 1. The number of ether oxygens (including phenoxy) is 1. The van der Waals surface area contributed by atoms with Crippen molar-refractivity contribution in [2.24, 2.45) is 5.92 Å². The average Bonchev–Trinajstić information content (AvgIpc) is 3.48. The van der Waals surface area contributed by atoms with Crippen LogP contribution in [0.15, 0.2) is 60.7 Å². The molecule has 1 aliphatic heterocycles. The third kappa shape index (κ3) is 7.99. The van der Waals surface area contributed by atoms with Crippen LogP contribution in [0.2, 0.25) is 0 Å². The number of benzene rings is 2. The summed E-state index contributed by atoms with van der Waals surface area (Å²) in [5, 5.41) is 11.9. The van der Waals surface area contributed by atoms with Crippen LogP contribution in [0.25, 0.3) is 44.5 Å². The summed E-state index contributed by atoms with van der Waals surface area (Å²) < 4.78 is 7.59.